The van der Waals surface area contributed by atoms with Gasteiger partial charge in [0, 0.05) is 26.2 Å². The molecule has 1 fully saturated rings. The van der Waals surface area contributed by atoms with E-state index < -0.39 is 5.91 Å². The fraction of sp³-hybridized carbons (Fsp3) is 0.235. The van der Waals surface area contributed by atoms with Crippen LogP contribution < -0.4 is 21.2 Å². The number of imidazole rings is 2. The van der Waals surface area contributed by atoms with E-state index >= 15 is 0 Å². The maximum absolute atomic E-state index is 11.6. The zero-order valence-electron chi connectivity index (χ0n) is 14.8. The number of hydrogen-bond donors (Lipinski definition) is 4. The number of nitrogens with zero attached hydrogens (tertiary/aromatic N) is 5. The second kappa shape index (κ2) is 6.08. The van der Waals surface area contributed by atoms with Gasteiger partial charge in [0.05, 0.1) is 11.1 Å². The average Bonchev–Trinajstić information content (AvgIpc) is 3.30. The Morgan fingerprint density at radius 3 is 2.61 bits per heavy atom. The van der Waals surface area contributed by atoms with E-state index in [0.29, 0.717) is 60.2 Å². The van der Waals surface area contributed by atoms with E-state index in [2.05, 4.69) is 39.7 Å². The third-order valence-corrected chi connectivity index (χ3v) is 4.94. The zero-order valence-corrected chi connectivity index (χ0v) is 14.8. The van der Waals surface area contributed by atoms with Gasteiger partial charge < -0.3 is 25.5 Å². The summed E-state index contributed by atoms with van der Waals surface area (Å²) in [5.41, 5.74) is 8.00. The Kier molecular flexibility index (Phi) is 3.54. The van der Waals surface area contributed by atoms with Crippen LogP contribution in [0.3, 0.4) is 0 Å². The smallest absolute Gasteiger partial charge is 0.325 e. The van der Waals surface area contributed by atoms with Crippen LogP contribution in [-0.4, -0.2) is 62.0 Å². The largest absolute Gasteiger partial charge is 0.366 e. The minimum atomic E-state index is -0.498. The molecule has 0 bridgehead atoms. The number of benzene rings is 1. The average molecular weight is 379 g/mol. The van der Waals surface area contributed by atoms with E-state index in [1.165, 1.54) is 6.33 Å². The van der Waals surface area contributed by atoms with Crippen LogP contribution in [0.2, 0.25) is 0 Å². The Hall–Kier alpha value is -3.89. The number of primary amides is 1. The number of piperazine rings is 1. The Labute approximate surface area is 157 Å². The molecule has 0 unspecified atom stereocenters. The van der Waals surface area contributed by atoms with Crippen molar-refractivity contribution in [2.24, 2.45) is 5.73 Å². The van der Waals surface area contributed by atoms with Crippen molar-refractivity contribution in [3.63, 3.8) is 0 Å². The first-order valence-corrected chi connectivity index (χ1v) is 8.81. The quantitative estimate of drug-likeness (QED) is 0.389. The van der Waals surface area contributed by atoms with Gasteiger partial charge in [-0.1, -0.05) is 6.07 Å². The van der Waals surface area contributed by atoms with Crippen LogP contribution in [-0.2, 0) is 0 Å². The van der Waals surface area contributed by atoms with Crippen LogP contribution in [0.5, 0.6) is 0 Å². The van der Waals surface area contributed by atoms with Gasteiger partial charge in [-0.3, -0.25) is 9.78 Å². The molecule has 11 heteroatoms. The molecule has 1 amide bonds. The van der Waals surface area contributed by atoms with Gasteiger partial charge in [-0.05, 0) is 12.1 Å². The molecule has 1 saturated heterocycles. The summed E-state index contributed by atoms with van der Waals surface area (Å²) in [6.07, 6.45) is 1.44. The number of rotatable bonds is 3. The van der Waals surface area contributed by atoms with Gasteiger partial charge in [-0.25, -0.2) is 19.7 Å². The minimum Gasteiger partial charge on any atom is -0.366 e. The van der Waals surface area contributed by atoms with Crippen LogP contribution in [0.25, 0.3) is 22.2 Å². The first-order valence-electron chi connectivity index (χ1n) is 8.81. The maximum Gasteiger partial charge on any atom is 0.325 e. The Balaban J connectivity index is 1.40. The van der Waals surface area contributed by atoms with Gasteiger partial charge in [-0.15, -0.1) is 0 Å². The summed E-state index contributed by atoms with van der Waals surface area (Å²) < 4.78 is 0. The van der Waals surface area contributed by atoms with E-state index in [-0.39, 0.29) is 5.69 Å². The number of nitrogens with one attached hydrogen (secondary N) is 3. The number of hydrogen-bond acceptors (Lipinski definition) is 7. The highest BCUT2D eigenvalue weighted by molar-refractivity contribution is 6.04. The Morgan fingerprint density at radius 2 is 1.82 bits per heavy atom. The van der Waals surface area contributed by atoms with Crippen molar-refractivity contribution in [1.82, 2.24) is 29.9 Å². The highest BCUT2D eigenvalue weighted by Crippen LogP contribution is 2.24. The molecule has 1 aliphatic rings. The third-order valence-electron chi connectivity index (χ3n) is 4.94. The molecule has 3 aromatic heterocycles. The molecule has 142 valence electrons. The number of fused-ring (bicyclic) bond motifs is 2. The van der Waals surface area contributed by atoms with E-state index in [4.69, 9.17) is 5.73 Å². The topological polar surface area (TPSA) is 153 Å². The molecule has 1 aromatic carbocycles. The summed E-state index contributed by atoms with van der Waals surface area (Å²) in [5.74, 6) is 0.900. The molecular formula is C17H17N9O2. The lowest BCUT2D eigenvalue weighted by atomic mass is 10.2. The lowest BCUT2D eigenvalue weighted by molar-refractivity contribution is 0.100. The number of anilines is 2. The van der Waals surface area contributed by atoms with Crippen molar-refractivity contribution in [1.29, 1.82) is 0 Å². The van der Waals surface area contributed by atoms with E-state index in [1.54, 1.807) is 12.1 Å². The van der Waals surface area contributed by atoms with E-state index in [9.17, 15) is 9.59 Å². The highest BCUT2D eigenvalue weighted by atomic mass is 16.1. The number of aromatic nitrogens is 6. The van der Waals surface area contributed by atoms with E-state index in [0.717, 1.165) is 5.52 Å². The fourth-order valence-corrected chi connectivity index (χ4v) is 3.58. The monoisotopic (exact) mass is 379 g/mol. The molecule has 28 heavy (non-hydrogen) atoms. The number of para-hydroxylation sites is 1. The van der Waals surface area contributed by atoms with Crippen LogP contribution in [0, 0.1) is 0 Å². The van der Waals surface area contributed by atoms with Gasteiger partial charge in [0.25, 0.3) is 5.91 Å². The van der Waals surface area contributed by atoms with Crippen molar-refractivity contribution in [2.75, 3.05) is 36.0 Å². The number of amides is 1. The summed E-state index contributed by atoms with van der Waals surface area (Å²) in [4.78, 5) is 49.1. The van der Waals surface area contributed by atoms with Crippen LogP contribution in [0.15, 0.2) is 29.3 Å². The molecular weight excluding hydrogens is 362 g/mol. The SMILES string of the molecule is NC(=O)c1cccc2[nH]c(N3CCN(c4ncnc5[nH]c(=O)[nH]c45)CC3)nc12. The number of nitrogens with two attached hydrogens (primary N) is 1. The molecule has 0 aliphatic carbocycles. The summed E-state index contributed by atoms with van der Waals surface area (Å²) in [5, 5.41) is 0. The maximum atomic E-state index is 11.6. The lowest BCUT2D eigenvalue weighted by Crippen LogP contribution is -2.47. The minimum absolute atomic E-state index is 0.303. The van der Waals surface area contributed by atoms with Crippen molar-refractivity contribution in [2.45, 2.75) is 0 Å². The highest BCUT2D eigenvalue weighted by Gasteiger charge is 2.23. The Morgan fingerprint density at radius 1 is 1.04 bits per heavy atom. The van der Waals surface area contributed by atoms with Crippen LogP contribution >= 0.6 is 0 Å². The van der Waals surface area contributed by atoms with Gasteiger partial charge >= 0.3 is 5.69 Å². The van der Waals surface area contributed by atoms with Crippen molar-refractivity contribution < 1.29 is 4.79 Å². The molecule has 5 N–H and O–H groups in total. The van der Waals surface area contributed by atoms with E-state index in [1.807, 2.05) is 6.07 Å². The first kappa shape index (κ1) is 16.3. The predicted octanol–water partition coefficient (Wildman–Crippen LogP) is -0.0520. The molecule has 11 nitrogen and oxygen atoms in total. The molecule has 4 heterocycles. The Bertz CT molecular complexity index is 1250. The van der Waals surface area contributed by atoms with Gasteiger partial charge in [-0.2, -0.15) is 0 Å². The predicted molar refractivity (Wildman–Crippen MR) is 104 cm³/mol. The van der Waals surface area contributed by atoms with Crippen LogP contribution in [0.1, 0.15) is 10.4 Å². The first-order chi connectivity index (χ1) is 13.6. The summed E-state index contributed by atoms with van der Waals surface area (Å²) in [6.45, 7) is 2.79. The summed E-state index contributed by atoms with van der Waals surface area (Å²) in [7, 11) is 0. The number of carbonyl (C=O) groups is 1. The number of H-pyrrole nitrogens is 3. The molecule has 0 atom stereocenters. The summed E-state index contributed by atoms with van der Waals surface area (Å²) >= 11 is 0. The van der Waals surface area contributed by atoms with Gasteiger partial charge in [0.2, 0.25) is 5.95 Å². The standard InChI is InChI=1S/C17H17N9O2/c18-13(27)9-2-1-3-10-11(9)22-16(21-10)26-6-4-25(5-7-26)15-12-14(19-8-20-15)24-17(28)23-12/h1-3,8H,4-7H2,(H2,18,27)(H,21,22)(H2,19,20,23,24,28). The molecule has 5 rings (SSSR count). The normalized spacial score (nSPS) is 14.9. The number of aromatic amines is 3. The van der Waals surface area contributed by atoms with Crippen LogP contribution in [0.4, 0.5) is 11.8 Å². The molecule has 4 aromatic rings. The summed E-state index contributed by atoms with van der Waals surface area (Å²) in [6, 6.07) is 5.32. The molecule has 0 saturated carbocycles. The molecule has 1 aliphatic heterocycles. The lowest BCUT2D eigenvalue weighted by Gasteiger charge is -2.35. The zero-order chi connectivity index (χ0) is 19.3. The van der Waals surface area contributed by atoms with Crippen molar-refractivity contribution in [3.8, 4) is 0 Å². The second-order valence-electron chi connectivity index (χ2n) is 6.60. The van der Waals surface area contributed by atoms with Crippen molar-refractivity contribution >= 4 is 39.9 Å². The molecule has 0 radical (unpaired) electrons. The van der Waals surface area contributed by atoms with Gasteiger partial charge in [0.1, 0.15) is 17.4 Å². The number of carbonyl (C=O) groups excluding carboxylic acids is 1. The molecule has 0 spiro atoms. The second-order valence-corrected chi connectivity index (χ2v) is 6.60. The van der Waals surface area contributed by atoms with Gasteiger partial charge in [0.15, 0.2) is 11.5 Å². The fourth-order valence-electron chi connectivity index (χ4n) is 3.58. The van der Waals surface area contributed by atoms with Crippen molar-refractivity contribution in [3.05, 3.63) is 40.6 Å². The third kappa shape index (κ3) is 2.55.